The lowest BCUT2D eigenvalue weighted by molar-refractivity contribution is 0.0603. The van der Waals surface area contributed by atoms with Crippen LogP contribution in [0.5, 0.6) is 0 Å². The Bertz CT molecular complexity index is 2090. The Morgan fingerprint density at radius 3 is 2.14 bits per heavy atom. The van der Waals surface area contributed by atoms with Crippen molar-refractivity contribution in [3.8, 4) is 22.4 Å². The third-order valence-electron chi connectivity index (χ3n) is 7.73. The largest absolute Gasteiger partial charge is 0.394 e. The zero-order chi connectivity index (χ0) is 34.5. The number of rotatable bonds is 10. The average Bonchev–Trinajstić information content (AvgIpc) is 3.82. The van der Waals surface area contributed by atoms with E-state index in [2.05, 4.69) is 30.5 Å². The van der Waals surface area contributed by atoms with E-state index >= 15 is 0 Å². The molecule has 246 valence electrons. The number of aromatic nitrogens is 5. The highest BCUT2D eigenvalue weighted by Crippen LogP contribution is 2.34. The minimum absolute atomic E-state index is 0.102. The maximum absolute atomic E-state index is 13.6. The number of amides is 3. The molecule has 3 amide bonds. The summed E-state index contributed by atoms with van der Waals surface area (Å²) in [5.41, 5.74) is 4.31. The number of halogens is 3. The number of hydrogen-bond donors (Lipinski definition) is 4. The number of aliphatic hydroxyl groups is 1. The second-order valence-corrected chi connectivity index (χ2v) is 11.6. The van der Waals surface area contributed by atoms with E-state index in [0.717, 1.165) is 11.0 Å². The molecule has 1 unspecified atom stereocenters. The molecule has 6 aromatic rings. The van der Waals surface area contributed by atoms with Crippen molar-refractivity contribution in [2.24, 2.45) is 0 Å². The highest BCUT2D eigenvalue weighted by Gasteiger charge is 2.26. The van der Waals surface area contributed by atoms with Crippen molar-refractivity contribution in [3.63, 3.8) is 0 Å². The number of nitrogens with zero attached hydrogens (tertiary/aromatic N) is 4. The van der Waals surface area contributed by atoms with Gasteiger partial charge in [0.25, 0.3) is 17.7 Å². The number of hydrogen-bond acceptors (Lipinski definition) is 7. The van der Waals surface area contributed by atoms with Gasteiger partial charge in [-0.3, -0.25) is 34.4 Å². The van der Waals surface area contributed by atoms with E-state index < -0.39 is 36.2 Å². The van der Waals surface area contributed by atoms with Gasteiger partial charge in [0.05, 0.1) is 36.1 Å². The van der Waals surface area contributed by atoms with E-state index in [1.807, 2.05) is 0 Å². The van der Waals surface area contributed by atoms with Crippen LogP contribution in [0.25, 0.3) is 22.4 Å². The van der Waals surface area contributed by atoms with Gasteiger partial charge in [0.15, 0.2) is 0 Å². The summed E-state index contributed by atoms with van der Waals surface area (Å²) in [5, 5.41) is 19.9. The van der Waals surface area contributed by atoms with Crippen LogP contribution in [0.15, 0.2) is 104 Å². The number of aliphatic hydroxyl groups excluding tert-OH is 1. The van der Waals surface area contributed by atoms with Gasteiger partial charge >= 0.3 is 0 Å². The molecular weight excluding hydrogens is 672 g/mol. The van der Waals surface area contributed by atoms with Crippen LogP contribution >= 0.6 is 23.2 Å². The zero-order valence-corrected chi connectivity index (χ0v) is 26.9. The molecule has 2 aromatic carbocycles. The molecule has 4 heterocycles. The lowest BCUT2D eigenvalue weighted by atomic mass is 10.0. The molecule has 0 spiro atoms. The van der Waals surface area contributed by atoms with E-state index in [1.54, 1.807) is 36.7 Å². The minimum atomic E-state index is -0.823. The van der Waals surface area contributed by atoms with Gasteiger partial charge in [0, 0.05) is 58.3 Å². The Kier molecular flexibility index (Phi) is 9.90. The molecule has 14 heteroatoms. The first kappa shape index (κ1) is 33.2. The molecule has 0 radical (unpaired) electrons. The lowest BCUT2D eigenvalue weighted by Crippen LogP contribution is -2.36. The number of H-pyrrole nitrogens is 2. The van der Waals surface area contributed by atoms with Crippen LogP contribution in [0.3, 0.4) is 0 Å². The van der Waals surface area contributed by atoms with Gasteiger partial charge in [0.2, 0.25) is 0 Å². The van der Waals surface area contributed by atoms with Crippen LogP contribution < -0.4 is 5.32 Å². The Labute approximate surface area is 288 Å². The molecule has 0 saturated heterocycles. The normalized spacial score (nSPS) is 11.6. The van der Waals surface area contributed by atoms with Crippen LogP contribution in [0, 0.1) is 5.82 Å². The number of aromatic amines is 2. The molecule has 4 aromatic heterocycles. The summed E-state index contributed by atoms with van der Waals surface area (Å²) in [6.45, 7) is -0.537. The fraction of sp³-hybridized carbons (Fsp3) is 0.0857. The standard InChI is InChI=1S/C35H26Cl2FN7O4/c36-27-13-22(1-2-24(27)18-45(34(48)20-5-9-39-10-6-20)35(49)21-7-11-40-12-8-21)26-17-42-44-32(26)25-15-30(41-16-25)33(47)43-31(19-46)23-3-4-29(38)28(37)14-23/h1-17,31,41,46H,18-19H2,(H,42,44)(H,43,47). The quantitative estimate of drug-likeness (QED) is 0.123. The van der Waals surface area contributed by atoms with Gasteiger partial charge in [-0.2, -0.15) is 5.10 Å². The fourth-order valence-electron chi connectivity index (χ4n) is 5.14. The maximum Gasteiger partial charge on any atom is 0.268 e. The Morgan fingerprint density at radius 1 is 0.857 bits per heavy atom. The van der Waals surface area contributed by atoms with Gasteiger partial charge in [0.1, 0.15) is 11.5 Å². The monoisotopic (exact) mass is 697 g/mol. The molecular formula is C35H26Cl2FN7O4. The summed E-state index contributed by atoms with van der Waals surface area (Å²) in [6, 6.07) is 16.1. The first-order valence-corrected chi connectivity index (χ1v) is 15.5. The number of nitrogens with one attached hydrogen (secondary N) is 3. The summed E-state index contributed by atoms with van der Waals surface area (Å²) < 4.78 is 13.6. The number of pyridine rings is 2. The Morgan fingerprint density at radius 2 is 1.53 bits per heavy atom. The third-order valence-corrected chi connectivity index (χ3v) is 8.37. The molecule has 0 aliphatic rings. The van der Waals surface area contributed by atoms with E-state index in [4.69, 9.17) is 23.2 Å². The van der Waals surface area contributed by atoms with E-state index in [9.17, 15) is 23.9 Å². The summed E-state index contributed by atoms with van der Waals surface area (Å²) in [5.74, 6) is -2.14. The first-order valence-electron chi connectivity index (χ1n) is 14.8. The van der Waals surface area contributed by atoms with Crippen molar-refractivity contribution in [3.05, 3.63) is 148 Å². The van der Waals surface area contributed by atoms with Crippen LogP contribution in [-0.4, -0.2) is 59.5 Å². The van der Waals surface area contributed by atoms with E-state index in [-0.39, 0.29) is 17.3 Å². The van der Waals surface area contributed by atoms with E-state index in [0.29, 0.717) is 49.7 Å². The van der Waals surface area contributed by atoms with Gasteiger partial charge < -0.3 is 15.4 Å². The molecule has 0 saturated carbocycles. The molecule has 0 aliphatic heterocycles. The second kappa shape index (κ2) is 14.6. The molecule has 4 N–H and O–H groups in total. The zero-order valence-electron chi connectivity index (χ0n) is 25.4. The number of imide groups is 1. The van der Waals surface area contributed by atoms with Crippen molar-refractivity contribution in [1.82, 2.24) is 35.4 Å². The molecule has 0 aliphatic carbocycles. The first-order chi connectivity index (χ1) is 23.7. The number of carbonyl (C=O) groups is 3. The van der Waals surface area contributed by atoms with Gasteiger partial charge in [-0.15, -0.1) is 0 Å². The molecule has 0 bridgehead atoms. The molecule has 11 nitrogen and oxygen atoms in total. The fourth-order valence-corrected chi connectivity index (χ4v) is 5.57. The van der Waals surface area contributed by atoms with Crippen molar-refractivity contribution < 1.29 is 23.9 Å². The topological polar surface area (TPSA) is 157 Å². The van der Waals surface area contributed by atoms with Crippen molar-refractivity contribution in [1.29, 1.82) is 0 Å². The van der Waals surface area contributed by atoms with Crippen molar-refractivity contribution in [2.75, 3.05) is 6.61 Å². The van der Waals surface area contributed by atoms with E-state index in [1.165, 1.54) is 61.2 Å². The van der Waals surface area contributed by atoms with Crippen LogP contribution in [0.1, 0.15) is 48.4 Å². The molecule has 49 heavy (non-hydrogen) atoms. The number of carbonyl (C=O) groups excluding carboxylic acids is 3. The Balaban J connectivity index is 1.22. The highest BCUT2D eigenvalue weighted by atomic mass is 35.5. The summed E-state index contributed by atoms with van der Waals surface area (Å²) in [7, 11) is 0. The molecule has 6 rings (SSSR count). The third kappa shape index (κ3) is 7.26. The minimum Gasteiger partial charge on any atom is -0.394 e. The predicted molar refractivity (Wildman–Crippen MR) is 180 cm³/mol. The van der Waals surface area contributed by atoms with Crippen LogP contribution in [0.4, 0.5) is 4.39 Å². The molecule has 0 fully saturated rings. The second-order valence-electron chi connectivity index (χ2n) is 10.8. The predicted octanol–water partition coefficient (Wildman–Crippen LogP) is 6.25. The van der Waals surface area contributed by atoms with Gasteiger partial charge in [-0.1, -0.05) is 41.4 Å². The van der Waals surface area contributed by atoms with Crippen molar-refractivity contribution in [2.45, 2.75) is 12.6 Å². The Hall–Kier alpha value is -5.69. The average molecular weight is 699 g/mol. The van der Waals surface area contributed by atoms with Crippen LogP contribution in [0.2, 0.25) is 10.0 Å². The lowest BCUT2D eigenvalue weighted by Gasteiger charge is -2.22. The summed E-state index contributed by atoms with van der Waals surface area (Å²) >= 11 is 12.6. The summed E-state index contributed by atoms with van der Waals surface area (Å²) in [4.78, 5) is 52.0. The number of benzene rings is 2. The molecule has 1 atom stereocenters. The smallest absolute Gasteiger partial charge is 0.268 e. The van der Waals surface area contributed by atoms with Gasteiger partial charge in [-0.25, -0.2) is 4.39 Å². The highest BCUT2D eigenvalue weighted by molar-refractivity contribution is 6.31. The van der Waals surface area contributed by atoms with Crippen molar-refractivity contribution >= 4 is 40.9 Å². The van der Waals surface area contributed by atoms with Crippen LogP contribution in [-0.2, 0) is 6.54 Å². The SMILES string of the molecule is O=C(NC(CO)c1ccc(F)c(Cl)c1)c1cc(-c2[nH]ncc2-c2ccc(CN(C(=O)c3ccncc3)C(=O)c3ccncc3)c(Cl)c2)c[nH]1. The van der Waals surface area contributed by atoms with Gasteiger partial charge in [-0.05, 0) is 65.2 Å². The maximum atomic E-state index is 13.6. The summed E-state index contributed by atoms with van der Waals surface area (Å²) in [6.07, 6.45) is 9.13.